The van der Waals surface area contributed by atoms with E-state index in [1.807, 2.05) is 44.1 Å². The molecular formula is C15H14N2O2S2. The van der Waals surface area contributed by atoms with Crippen molar-refractivity contribution in [3.8, 4) is 0 Å². The topological polar surface area (TPSA) is 40.6 Å². The quantitative estimate of drug-likeness (QED) is 0.854. The molecule has 2 aliphatic rings. The minimum absolute atomic E-state index is 0.0204. The van der Waals surface area contributed by atoms with Gasteiger partial charge < -0.3 is 9.80 Å². The number of nitrogens with zero attached hydrogens (tertiary/aromatic N) is 2. The molecule has 0 aliphatic carbocycles. The molecule has 0 N–H and O–H groups in total. The summed E-state index contributed by atoms with van der Waals surface area (Å²) in [7, 11) is 0. The van der Waals surface area contributed by atoms with Crippen LogP contribution in [0.25, 0.3) is 0 Å². The normalized spacial score (nSPS) is 24.7. The van der Waals surface area contributed by atoms with E-state index in [1.54, 1.807) is 11.3 Å². The molecule has 2 atom stereocenters. The van der Waals surface area contributed by atoms with Gasteiger partial charge in [-0.25, -0.2) is 0 Å². The number of amides is 2. The molecule has 6 heteroatoms. The molecule has 0 saturated carbocycles. The number of hydrogen-bond acceptors (Lipinski definition) is 4. The lowest BCUT2D eigenvalue weighted by molar-refractivity contribution is -0.117. The summed E-state index contributed by atoms with van der Waals surface area (Å²) in [5, 5.41) is 5.90. The lowest BCUT2D eigenvalue weighted by Gasteiger charge is -2.24. The molecule has 0 bridgehead atoms. The van der Waals surface area contributed by atoms with Crippen LogP contribution in [0.4, 0.5) is 5.69 Å². The van der Waals surface area contributed by atoms with Crippen LogP contribution < -0.4 is 4.90 Å². The van der Waals surface area contributed by atoms with E-state index < -0.39 is 0 Å². The van der Waals surface area contributed by atoms with Gasteiger partial charge >= 0.3 is 0 Å². The van der Waals surface area contributed by atoms with E-state index in [2.05, 4.69) is 0 Å². The first-order valence-corrected chi connectivity index (χ1v) is 8.76. The van der Waals surface area contributed by atoms with Gasteiger partial charge in [0.05, 0.1) is 22.6 Å². The van der Waals surface area contributed by atoms with Gasteiger partial charge in [0.25, 0.3) is 5.91 Å². The van der Waals surface area contributed by atoms with Crippen molar-refractivity contribution in [3.63, 3.8) is 0 Å². The Morgan fingerprint density at radius 1 is 1.24 bits per heavy atom. The maximum Gasteiger partial charge on any atom is 0.264 e. The molecule has 2 aliphatic heterocycles. The predicted molar refractivity (Wildman–Crippen MR) is 84.0 cm³/mol. The van der Waals surface area contributed by atoms with Crippen LogP contribution in [0.2, 0.25) is 0 Å². The van der Waals surface area contributed by atoms with Crippen LogP contribution in [0.5, 0.6) is 0 Å². The van der Waals surface area contributed by atoms with Crippen molar-refractivity contribution in [1.29, 1.82) is 0 Å². The van der Waals surface area contributed by atoms with Gasteiger partial charge in [0.15, 0.2) is 0 Å². The highest BCUT2D eigenvalue weighted by Gasteiger charge is 2.49. The van der Waals surface area contributed by atoms with Crippen molar-refractivity contribution in [3.05, 3.63) is 39.2 Å². The van der Waals surface area contributed by atoms with Gasteiger partial charge in [-0.05, 0) is 29.3 Å². The number of likely N-dealkylation sites (tertiary alicyclic amines) is 1. The molecule has 0 unspecified atom stereocenters. The third-order valence-corrected chi connectivity index (χ3v) is 5.80. The van der Waals surface area contributed by atoms with Crippen LogP contribution in [-0.2, 0) is 4.79 Å². The molecule has 2 saturated heterocycles. The van der Waals surface area contributed by atoms with Crippen molar-refractivity contribution >= 4 is 40.2 Å². The summed E-state index contributed by atoms with van der Waals surface area (Å²) in [5.74, 6) is 0.199. The van der Waals surface area contributed by atoms with E-state index in [0.29, 0.717) is 6.42 Å². The van der Waals surface area contributed by atoms with Gasteiger partial charge in [-0.15, -0.1) is 11.3 Å². The van der Waals surface area contributed by atoms with E-state index in [9.17, 15) is 9.59 Å². The summed E-state index contributed by atoms with van der Waals surface area (Å²) < 4.78 is 0. The largest absolute Gasteiger partial charge is 0.332 e. The lowest BCUT2D eigenvalue weighted by atomic mass is 10.1. The number of carbonyl (C=O) groups is 2. The average molecular weight is 318 g/mol. The third kappa shape index (κ3) is 2.01. The summed E-state index contributed by atoms with van der Waals surface area (Å²) in [5.41, 5.74) is 0.975. The monoisotopic (exact) mass is 318 g/mol. The molecule has 4 nitrogen and oxygen atoms in total. The first-order chi connectivity index (χ1) is 10.3. The Balaban J connectivity index is 1.61. The highest BCUT2D eigenvalue weighted by Crippen LogP contribution is 2.37. The fourth-order valence-corrected chi connectivity index (χ4v) is 4.68. The van der Waals surface area contributed by atoms with Crippen molar-refractivity contribution in [2.45, 2.75) is 24.9 Å². The number of thiophene rings is 2. The molecule has 2 aromatic heterocycles. The van der Waals surface area contributed by atoms with E-state index >= 15 is 0 Å². The molecular weight excluding hydrogens is 304 g/mol. The van der Waals surface area contributed by atoms with Crippen molar-refractivity contribution in [1.82, 2.24) is 4.90 Å². The van der Waals surface area contributed by atoms with Gasteiger partial charge in [0, 0.05) is 18.3 Å². The number of hydrogen-bond donors (Lipinski definition) is 0. The van der Waals surface area contributed by atoms with Crippen LogP contribution in [0.1, 0.15) is 22.5 Å². The molecule has 2 fully saturated rings. The number of fused-ring (bicyclic) bond motifs is 1. The summed E-state index contributed by atoms with van der Waals surface area (Å²) >= 11 is 3.06. The second-order valence-electron chi connectivity index (χ2n) is 5.35. The first kappa shape index (κ1) is 13.0. The van der Waals surface area contributed by atoms with Crippen LogP contribution in [0, 0.1) is 0 Å². The molecule has 0 spiro atoms. The summed E-state index contributed by atoms with van der Waals surface area (Å²) in [6.45, 7) is 0.736. The number of carbonyl (C=O) groups excluding carboxylic acids is 2. The van der Waals surface area contributed by atoms with Crippen molar-refractivity contribution in [2.24, 2.45) is 0 Å². The standard InChI is InChI=1S/C15H14N2O2S2/c18-14-8-12-11(17(14)10-4-7-20-9-10)3-5-16(12)15(19)13-2-1-6-21-13/h1-2,4,6-7,9,11-12H,3,5,8H2/t11-,12+/m1/s1. The Hall–Kier alpha value is -1.66. The smallest absolute Gasteiger partial charge is 0.264 e. The zero-order valence-corrected chi connectivity index (χ0v) is 12.9. The van der Waals surface area contributed by atoms with E-state index in [1.165, 1.54) is 11.3 Å². The second-order valence-corrected chi connectivity index (χ2v) is 7.08. The summed E-state index contributed by atoms with van der Waals surface area (Å²) in [6.07, 6.45) is 1.31. The highest BCUT2D eigenvalue weighted by molar-refractivity contribution is 7.12. The van der Waals surface area contributed by atoms with Gasteiger partial charge in [-0.3, -0.25) is 9.59 Å². The van der Waals surface area contributed by atoms with Gasteiger partial charge in [-0.1, -0.05) is 6.07 Å². The van der Waals surface area contributed by atoms with Crippen molar-refractivity contribution < 1.29 is 9.59 Å². The van der Waals surface area contributed by atoms with Gasteiger partial charge in [0.2, 0.25) is 5.91 Å². The molecule has 2 amide bonds. The number of anilines is 1. The van der Waals surface area contributed by atoms with E-state index in [4.69, 9.17) is 0 Å². The van der Waals surface area contributed by atoms with Crippen LogP contribution in [0.15, 0.2) is 34.3 Å². The van der Waals surface area contributed by atoms with Crippen LogP contribution in [-0.4, -0.2) is 35.3 Å². The molecule has 0 radical (unpaired) electrons. The van der Waals surface area contributed by atoms with Crippen molar-refractivity contribution in [2.75, 3.05) is 11.4 Å². The number of rotatable bonds is 2. The minimum atomic E-state index is 0.0204. The Labute approximate surface area is 130 Å². The Morgan fingerprint density at radius 3 is 2.86 bits per heavy atom. The third-order valence-electron chi connectivity index (χ3n) is 4.27. The van der Waals surface area contributed by atoms with E-state index in [-0.39, 0.29) is 23.9 Å². The summed E-state index contributed by atoms with van der Waals surface area (Å²) in [6, 6.07) is 5.88. The molecule has 0 aromatic carbocycles. The Kier molecular flexibility index (Phi) is 3.08. The fraction of sp³-hybridized carbons (Fsp3) is 0.333. The second kappa shape index (κ2) is 4.96. The van der Waals surface area contributed by atoms with Gasteiger partial charge in [0.1, 0.15) is 0 Å². The molecule has 4 heterocycles. The maximum atomic E-state index is 12.6. The Bertz CT molecular complexity index is 666. The average Bonchev–Trinajstić information content (AvgIpc) is 3.23. The zero-order chi connectivity index (χ0) is 14.4. The Morgan fingerprint density at radius 2 is 2.14 bits per heavy atom. The first-order valence-electron chi connectivity index (χ1n) is 6.94. The van der Waals surface area contributed by atoms with E-state index in [0.717, 1.165) is 23.5 Å². The molecule has 2 aromatic rings. The van der Waals surface area contributed by atoms with Gasteiger partial charge in [-0.2, -0.15) is 11.3 Å². The molecule has 108 valence electrons. The SMILES string of the molecule is O=C(c1cccs1)N1CC[C@@H]2[C@@H]1CC(=O)N2c1ccsc1. The predicted octanol–water partition coefficient (Wildman–Crippen LogP) is 2.83. The molecule has 4 rings (SSSR count). The lowest BCUT2D eigenvalue weighted by Crippen LogP contribution is -2.39. The van der Waals surface area contributed by atoms with Crippen LogP contribution in [0.3, 0.4) is 0 Å². The fourth-order valence-electron chi connectivity index (χ4n) is 3.37. The maximum absolute atomic E-state index is 12.6. The van der Waals surface area contributed by atoms with Crippen LogP contribution >= 0.6 is 22.7 Å². The highest BCUT2D eigenvalue weighted by atomic mass is 32.1. The molecule has 21 heavy (non-hydrogen) atoms. The minimum Gasteiger partial charge on any atom is -0.332 e. The zero-order valence-electron chi connectivity index (χ0n) is 11.3. The summed E-state index contributed by atoms with van der Waals surface area (Å²) in [4.78, 5) is 29.4.